The zero-order valence-electron chi connectivity index (χ0n) is 12.8. The minimum atomic E-state index is -4.59. The molecule has 0 aromatic heterocycles. The van der Waals surface area contributed by atoms with E-state index in [4.69, 9.17) is 28.3 Å². The lowest BCUT2D eigenvalue weighted by atomic mass is 9.96. The Bertz CT molecular complexity index is 670. The third kappa shape index (κ3) is 5.23. The van der Waals surface area contributed by atoms with Gasteiger partial charge in [0, 0.05) is 31.1 Å². The van der Waals surface area contributed by atoms with Crippen LogP contribution in [0.3, 0.4) is 0 Å². The Hall–Kier alpha value is -1.51. The summed E-state index contributed by atoms with van der Waals surface area (Å²) in [6.07, 6.45) is -4.69. The first-order valence-corrected chi connectivity index (χ1v) is 8.10. The van der Waals surface area contributed by atoms with Gasteiger partial charge in [0.15, 0.2) is 0 Å². The smallest absolute Gasteiger partial charge is 0.393 e. The van der Waals surface area contributed by atoms with E-state index >= 15 is 0 Å². The Labute approximate surface area is 151 Å². The van der Waals surface area contributed by atoms with E-state index in [1.807, 2.05) is 0 Å². The maximum Gasteiger partial charge on any atom is 0.393 e. The number of likely N-dealkylation sites (tertiary alicyclic amines) is 1. The lowest BCUT2D eigenvalue weighted by Gasteiger charge is -2.18. The van der Waals surface area contributed by atoms with E-state index in [1.165, 1.54) is 17.0 Å². The van der Waals surface area contributed by atoms with Crippen molar-refractivity contribution in [2.45, 2.75) is 12.6 Å². The molecule has 25 heavy (non-hydrogen) atoms. The summed E-state index contributed by atoms with van der Waals surface area (Å²) in [5.41, 5.74) is 0.303. The first-order valence-electron chi connectivity index (χ1n) is 7.34. The van der Waals surface area contributed by atoms with Crippen molar-refractivity contribution in [3.8, 4) is 0 Å². The number of carbonyl (C=O) groups excluding carboxylic acids is 1. The van der Waals surface area contributed by atoms with Gasteiger partial charge in [-0.3, -0.25) is 9.59 Å². The average Bonchev–Trinajstić information content (AvgIpc) is 2.94. The first kappa shape index (κ1) is 19.8. The Balaban J connectivity index is 1.92. The molecular weight excluding hydrogens is 384 g/mol. The number of benzene rings is 1. The van der Waals surface area contributed by atoms with E-state index in [0.29, 0.717) is 10.7 Å². The number of carbonyl (C=O) groups is 2. The molecule has 0 aliphatic carbocycles. The van der Waals surface area contributed by atoms with Crippen molar-refractivity contribution in [3.05, 3.63) is 28.2 Å². The number of carboxylic acid groups (broad SMARTS) is 1. The number of amides is 1. The SMILES string of the molecule is O=C(CCN1C[C@@H](C(F)(F)F)[C@H](C(=O)O)C1)Nc1cc(Cl)ccc1Cl. The van der Waals surface area contributed by atoms with Crippen LogP contribution in [0.15, 0.2) is 18.2 Å². The molecule has 0 bridgehead atoms. The van der Waals surface area contributed by atoms with Crippen LogP contribution in [0, 0.1) is 11.8 Å². The largest absolute Gasteiger partial charge is 0.481 e. The van der Waals surface area contributed by atoms with Crippen molar-refractivity contribution < 1.29 is 27.9 Å². The Kier molecular flexibility index (Phi) is 6.18. The van der Waals surface area contributed by atoms with Gasteiger partial charge in [0.05, 0.1) is 22.5 Å². The van der Waals surface area contributed by atoms with Gasteiger partial charge >= 0.3 is 12.1 Å². The summed E-state index contributed by atoms with van der Waals surface area (Å²) in [6, 6.07) is 4.51. The Morgan fingerprint density at radius 2 is 1.96 bits per heavy atom. The van der Waals surface area contributed by atoms with Crippen molar-refractivity contribution in [1.82, 2.24) is 4.90 Å². The molecule has 5 nitrogen and oxygen atoms in total. The van der Waals surface area contributed by atoms with E-state index in [-0.39, 0.29) is 24.5 Å². The molecule has 1 aromatic carbocycles. The predicted molar refractivity (Wildman–Crippen MR) is 86.8 cm³/mol. The molecule has 2 atom stereocenters. The molecule has 10 heteroatoms. The fourth-order valence-corrected chi connectivity index (χ4v) is 3.05. The third-order valence-electron chi connectivity index (χ3n) is 3.99. The summed E-state index contributed by atoms with van der Waals surface area (Å²) in [7, 11) is 0. The molecular formula is C15H15Cl2F3N2O3. The number of nitrogens with one attached hydrogen (secondary N) is 1. The summed E-state index contributed by atoms with van der Waals surface area (Å²) in [4.78, 5) is 24.3. The average molecular weight is 399 g/mol. The number of aliphatic carboxylic acids is 1. The predicted octanol–water partition coefficient (Wildman–Crippen LogP) is 3.52. The minimum Gasteiger partial charge on any atom is -0.481 e. The number of alkyl halides is 3. The second-order valence-corrected chi connectivity index (χ2v) is 6.62. The van der Waals surface area contributed by atoms with Gasteiger partial charge in [-0.05, 0) is 18.2 Å². The standard InChI is InChI=1S/C15H15Cl2F3N2O3/c16-8-1-2-11(17)12(5-8)21-13(23)3-4-22-6-9(14(24)25)10(7-22)15(18,19)20/h1-2,5,9-10H,3-4,6-7H2,(H,21,23)(H,24,25)/t9-,10-/m1/s1. The first-order chi connectivity index (χ1) is 11.6. The minimum absolute atomic E-state index is 0.0143. The molecule has 1 heterocycles. The second kappa shape index (κ2) is 7.80. The van der Waals surface area contributed by atoms with E-state index in [2.05, 4.69) is 5.32 Å². The van der Waals surface area contributed by atoms with Crippen LogP contribution in [0.2, 0.25) is 10.0 Å². The van der Waals surface area contributed by atoms with Crippen LogP contribution in [0.1, 0.15) is 6.42 Å². The molecule has 0 spiro atoms. The fraction of sp³-hybridized carbons (Fsp3) is 0.467. The van der Waals surface area contributed by atoms with Crippen LogP contribution >= 0.6 is 23.2 Å². The fourth-order valence-electron chi connectivity index (χ4n) is 2.72. The zero-order valence-corrected chi connectivity index (χ0v) is 14.3. The number of carboxylic acids is 1. The monoisotopic (exact) mass is 398 g/mol. The van der Waals surface area contributed by atoms with Crippen LogP contribution in [-0.4, -0.2) is 47.7 Å². The Morgan fingerprint density at radius 1 is 1.28 bits per heavy atom. The molecule has 1 aromatic rings. The van der Waals surface area contributed by atoms with E-state index < -0.39 is 36.4 Å². The number of rotatable bonds is 5. The molecule has 1 fully saturated rings. The van der Waals surface area contributed by atoms with Gasteiger partial charge in [0.1, 0.15) is 0 Å². The van der Waals surface area contributed by atoms with Crippen LogP contribution in [0.5, 0.6) is 0 Å². The van der Waals surface area contributed by atoms with Gasteiger partial charge in [-0.25, -0.2) is 0 Å². The van der Waals surface area contributed by atoms with Gasteiger partial charge in [-0.1, -0.05) is 23.2 Å². The van der Waals surface area contributed by atoms with Crippen LogP contribution in [0.25, 0.3) is 0 Å². The Morgan fingerprint density at radius 3 is 2.52 bits per heavy atom. The topological polar surface area (TPSA) is 69.6 Å². The number of anilines is 1. The van der Waals surface area contributed by atoms with Gasteiger partial charge in [0.25, 0.3) is 0 Å². The van der Waals surface area contributed by atoms with Crippen molar-refractivity contribution >= 4 is 40.8 Å². The third-order valence-corrected chi connectivity index (χ3v) is 4.56. The van der Waals surface area contributed by atoms with Crippen LogP contribution in [-0.2, 0) is 9.59 Å². The van der Waals surface area contributed by atoms with Crippen molar-refractivity contribution in [2.24, 2.45) is 11.8 Å². The molecule has 1 aliphatic rings. The summed E-state index contributed by atoms with van der Waals surface area (Å²) >= 11 is 11.7. The van der Waals surface area contributed by atoms with Gasteiger partial charge in [-0.2, -0.15) is 13.2 Å². The molecule has 1 saturated heterocycles. The maximum atomic E-state index is 12.9. The highest BCUT2D eigenvalue weighted by Crippen LogP contribution is 2.37. The summed E-state index contributed by atoms with van der Waals surface area (Å²) in [6.45, 7) is -0.670. The molecule has 2 N–H and O–H groups in total. The van der Waals surface area contributed by atoms with Crippen LogP contribution in [0.4, 0.5) is 18.9 Å². The van der Waals surface area contributed by atoms with Gasteiger partial charge in [0.2, 0.25) is 5.91 Å². The molecule has 2 rings (SSSR count). The van der Waals surface area contributed by atoms with E-state index in [9.17, 15) is 22.8 Å². The number of hydrogen-bond acceptors (Lipinski definition) is 3. The van der Waals surface area contributed by atoms with Gasteiger partial charge in [-0.15, -0.1) is 0 Å². The number of halogens is 5. The van der Waals surface area contributed by atoms with Gasteiger partial charge < -0.3 is 15.3 Å². The summed E-state index contributed by atoms with van der Waals surface area (Å²) in [5, 5.41) is 12.1. The molecule has 1 aliphatic heterocycles. The highest BCUT2D eigenvalue weighted by Gasteiger charge is 2.52. The quantitative estimate of drug-likeness (QED) is 0.795. The van der Waals surface area contributed by atoms with Crippen molar-refractivity contribution in [1.29, 1.82) is 0 Å². The number of nitrogens with zero attached hydrogens (tertiary/aromatic N) is 1. The van der Waals surface area contributed by atoms with E-state index in [1.54, 1.807) is 6.07 Å². The molecule has 0 unspecified atom stereocenters. The molecule has 0 saturated carbocycles. The number of hydrogen-bond donors (Lipinski definition) is 2. The van der Waals surface area contributed by atoms with Crippen molar-refractivity contribution in [2.75, 3.05) is 25.0 Å². The van der Waals surface area contributed by atoms with Crippen molar-refractivity contribution in [3.63, 3.8) is 0 Å². The zero-order chi connectivity index (χ0) is 18.8. The highest BCUT2D eigenvalue weighted by atomic mass is 35.5. The van der Waals surface area contributed by atoms with E-state index in [0.717, 1.165) is 0 Å². The molecule has 0 radical (unpaired) electrons. The second-order valence-electron chi connectivity index (χ2n) is 5.77. The van der Waals surface area contributed by atoms with Crippen LogP contribution < -0.4 is 5.32 Å². The lowest BCUT2D eigenvalue weighted by molar-refractivity contribution is -0.188. The summed E-state index contributed by atoms with van der Waals surface area (Å²) in [5.74, 6) is -5.40. The molecule has 1 amide bonds. The highest BCUT2D eigenvalue weighted by molar-refractivity contribution is 6.35. The summed E-state index contributed by atoms with van der Waals surface area (Å²) < 4.78 is 38.8. The lowest BCUT2D eigenvalue weighted by Crippen LogP contribution is -2.33. The normalized spacial score (nSPS) is 21.3. The molecule has 138 valence electrons. The maximum absolute atomic E-state index is 12.9.